The van der Waals surface area contributed by atoms with Gasteiger partial charge in [0.1, 0.15) is 34.7 Å². The summed E-state index contributed by atoms with van der Waals surface area (Å²) in [5, 5.41) is 20.1. The number of carbonyl (C=O) groups is 1. The molecular weight excluding hydrogens is 833 g/mol. The summed E-state index contributed by atoms with van der Waals surface area (Å²) in [4.78, 5) is 55.6. The Morgan fingerprint density at radius 1 is 0.470 bits per heavy atom. The van der Waals surface area contributed by atoms with Gasteiger partial charge in [0.2, 0.25) is 17.7 Å². The summed E-state index contributed by atoms with van der Waals surface area (Å²) in [6.45, 7) is 14.6. The van der Waals surface area contributed by atoms with Gasteiger partial charge in [-0.1, -0.05) is 0 Å². The molecule has 19 heteroatoms. The molecule has 6 aromatic heterocycles. The second kappa shape index (κ2) is 17.7. The highest BCUT2D eigenvalue weighted by Crippen LogP contribution is 2.37. The van der Waals surface area contributed by atoms with Crippen molar-refractivity contribution in [2.24, 2.45) is 0 Å². The Labute approximate surface area is 384 Å². The first-order valence-corrected chi connectivity index (χ1v) is 24.4. The van der Waals surface area contributed by atoms with Crippen molar-refractivity contribution in [3.8, 4) is 0 Å². The third-order valence-electron chi connectivity index (χ3n) is 14.2. The SMILES string of the molecule is O=C(c1cc2c(N3CCC3)nc(Nc3ccc(N4CCNCC4)cn3)nc2n1N1CCCCC1)c1cc2c(N3CCC3)nc(Nc3ccc(N4CCNCC4)cn3)nc2n1N1CCCCC1. The summed E-state index contributed by atoms with van der Waals surface area (Å²) in [6, 6.07) is 12.3. The zero-order valence-electron chi connectivity index (χ0n) is 37.8. The van der Waals surface area contributed by atoms with Crippen LogP contribution < -0.4 is 50.9 Å². The van der Waals surface area contributed by atoms with E-state index >= 15 is 4.79 Å². The van der Waals surface area contributed by atoms with Gasteiger partial charge in [0.25, 0.3) is 0 Å². The Kier molecular flexibility index (Phi) is 11.0. The van der Waals surface area contributed by atoms with Crippen LogP contribution in [0, 0.1) is 0 Å². The van der Waals surface area contributed by atoms with Gasteiger partial charge in [0.15, 0.2) is 11.3 Å². The molecule has 19 nitrogen and oxygen atoms in total. The molecule has 0 atom stereocenters. The molecular formula is C47H60N18O. The number of piperazine rings is 2. The monoisotopic (exact) mass is 893 g/mol. The number of anilines is 8. The predicted molar refractivity (Wildman–Crippen MR) is 261 cm³/mol. The topological polar surface area (TPSA) is 172 Å². The largest absolute Gasteiger partial charge is 0.368 e. The minimum absolute atomic E-state index is 0.0781. The number of rotatable bonds is 12. The van der Waals surface area contributed by atoms with Gasteiger partial charge >= 0.3 is 0 Å². The van der Waals surface area contributed by atoms with E-state index in [1.54, 1.807) is 0 Å². The molecule has 0 radical (unpaired) electrons. The lowest BCUT2D eigenvalue weighted by Crippen LogP contribution is -2.43. The smallest absolute Gasteiger partial charge is 0.232 e. The maximum absolute atomic E-state index is 15.8. The average Bonchev–Trinajstić information content (AvgIpc) is 3.92. The number of nitrogens with one attached hydrogen (secondary N) is 4. The molecule has 66 heavy (non-hydrogen) atoms. The first-order chi connectivity index (χ1) is 32.6. The Bertz CT molecular complexity index is 2500. The van der Waals surface area contributed by atoms with Crippen LogP contribution >= 0.6 is 0 Å². The van der Waals surface area contributed by atoms with E-state index in [1.165, 1.54) is 0 Å². The second-order valence-electron chi connectivity index (χ2n) is 18.5. The lowest BCUT2D eigenvalue weighted by atomic mass is 10.1. The molecule has 0 aromatic carbocycles. The normalized spacial score (nSPS) is 19.3. The van der Waals surface area contributed by atoms with Crippen LogP contribution in [-0.4, -0.2) is 150 Å². The summed E-state index contributed by atoms with van der Waals surface area (Å²) in [6.07, 6.45) is 12.5. The molecule has 0 unspecified atom stereocenters. The van der Waals surface area contributed by atoms with Gasteiger partial charge < -0.3 is 50.9 Å². The third kappa shape index (κ3) is 7.80. The fraction of sp³-hybridized carbons (Fsp3) is 0.511. The summed E-state index contributed by atoms with van der Waals surface area (Å²) in [5.41, 5.74) is 4.80. The first-order valence-electron chi connectivity index (χ1n) is 24.4. The molecule has 6 fully saturated rings. The van der Waals surface area contributed by atoms with Crippen molar-refractivity contribution in [1.82, 2.24) is 49.9 Å². The summed E-state index contributed by atoms with van der Waals surface area (Å²) >= 11 is 0. The maximum Gasteiger partial charge on any atom is 0.232 e. The van der Waals surface area contributed by atoms with Crippen molar-refractivity contribution in [3.63, 3.8) is 0 Å². The number of nitrogens with zero attached hydrogens (tertiary/aromatic N) is 14. The highest BCUT2D eigenvalue weighted by Gasteiger charge is 2.33. The van der Waals surface area contributed by atoms with Crippen molar-refractivity contribution in [2.45, 2.75) is 51.4 Å². The molecule has 0 saturated carbocycles. The number of hydrogen-bond donors (Lipinski definition) is 4. The van der Waals surface area contributed by atoms with E-state index in [2.05, 4.69) is 72.4 Å². The molecule has 0 amide bonds. The highest BCUT2D eigenvalue weighted by molar-refractivity contribution is 6.13. The van der Waals surface area contributed by atoms with Crippen molar-refractivity contribution in [3.05, 3.63) is 60.2 Å². The number of hydrogen-bond acceptors (Lipinski definition) is 17. The van der Waals surface area contributed by atoms with Crippen LogP contribution in [0.25, 0.3) is 22.1 Å². The van der Waals surface area contributed by atoms with Crippen LogP contribution in [0.3, 0.4) is 0 Å². The van der Waals surface area contributed by atoms with E-state index in [4.69, 9.17) is 29.9 Å². The first kappa shape index (κ1) is 41.0. The highest BCUT2D eigenvalue weighted by atomic mass is 16.1. The third-order valence-corrected chi connectivity index (χ3v) is 14.2. The Morgan fingerprint density at radius 2 is 0.894 bits per heavy atom. The zero-order chi connectivity index (χ0) is 44.0. The second-order valence-corrected chi connectivity index (χ2v) is 18.5. The molecule has 4 N–H and O–H groups in total. The number of carbonyl (C=O) groups excluding carboxylic acids is 1. The van der Waals surface area contributed by atoms with Crippen molar-refractivity contribution < 1.29 is 4.79 Å². The van der Waals surface area contributed by atoms with Gasteiger partial charge in [-0.05, 0) is 87.8 Å². The summed E-state index contributed by atoms with van der Waals surface area (Å²) in [5.74, 6) is 3.88. The lowest BCUT2D eigenvalue weighted by molar-refractivity contribution is 0.102. The van der Waals surface area contributed by atoms with E-state index < -0.39 is 0 Å². The van der Waals surface area contributed by atoms with Gasteiger partial charge in [-0.2, -0.15) is 19.9 Å². The molecule has 0 aliphatic carbocycles. The van der Waals surface area contributed by atoms with E-state index in [9.17, 15) is 0 Å². The van der Waals surface area contributed by atoms with Gasteiger partial charge in [0.05, 0.1) is 34.5 Å². The molecule has 0 bridgehead atoms. The molecule has 6 aliphatic heterocycles. The number of piperidine rings is 2. The quantitative estimate of drug-likeness (QED) is 0.129. The van der Waals surface area contributed by atoms with Gasteiger partial charge in [-0.3, -0.25) is 4.79 Å². The molecule has 6 saturated heterocycles. The lowest BCUT2D eigenvalue weighted by Gasteiger charge is -2.34. The van der Waals surface area contributed by atoms with E-state index in [-0.39, 0.29) is 5.78 Å². The van der Waals surface area contributed by atoms with Crippen LogP contribution in [0.5, 0.6) is 0 Å². The molecule has 6 aliphatic rings. The standard InChI is InChI=1S/C47H60N18O/c66-41(37-29-35-42(60-17-7-18-60)54-46(56-44(35)64(37)62-21-3-1-4-22-62)52-39-11-9-33(31-50-39)58-25-13-48-14-26-58)38-30-36-43(61-19-8-20-61)55-47(57-45(36)65(38)63-23-5-2-6-24-63)53-40-12-10-34(32-51-40)59-27-15-49-16-28-59/h9-12,29-32,48-49H,1-8,13-28H2,(H,50,52,54,56)(H,51,53,55,57). The summed E-state index contributed by atoms with van der Waals surface area (Å²) < 4.78 is 4.22. The van der Waals surface area contributed by atoms with Crippen molar-refractivity contribution >= 4 is 74.4 Å². The fourth-order valence-electron chi connectivity index (χ4n) is 10.3. The molecule has 12 heterocycles. The molecule has 12 rings (SSSR count). The van der Waals surface area contributed by atoms with E-state index in [0.717, 1.165) is 201 Å². The van der Waals surface area contributed by atoms with Crippen LogP contribution in [0.4, 0.5) is 46.5 Å². The average molecular weight is 893 g/mol. The van der Waals surface area contributed by atoms with E-state index in [0.29, 0.717) is 34.9 Å². The van der Waals surface area contributed by atoms with Gasteiger partial charge in [-0.25, -0.2) is 19.3 Å². The fourth-order valence-corrected chi connectivity index (χ4v) is 10.3. The number of aromatic nitrogens is 8. The van der Waals surface area contributed by atoms with Crippen molar-refractivity contribution in [2.75, 3.05) is 145 Å². The van der Waals surface area contributed by atoms with E-state index in [1.807, 2.05) is 36.7 Å². The maximum atomic E-state index is 15.8. The number of ketones is 1. The summed E-state index contributed by atoms with van der Waals surface area (Å²) in [7, 11) is 0. The number of fused-ring (bicyclic) bond motifs is 2. The van der Waals surface area contributed by atoms with Gasteiger partial charge in [-0.15, -0.1) is 0 Å². The van der Waals surface area contributed by atoms with Crippen LogP contribution in [0.1, 0.15) is 67.5 Å². The zero-order valence-corrected chi connectivity index (χ0v) is 37.8. The molecule has 344 valence electrons. The van der Waals surface area contributed by atoms with Crippen LogP contribution in [0.15, 0.2) is 48.8 Å². The predicted octanol–water partition coefficient (Wildman–Crippen LogP) is 4.17. The minimum atomic E-state index is -0.0781. The van der Waals surface area contributed by atoms with Crippen molar-refractivity contribution in [1.29, 1.82) is 0 Å². The Morgan fingerprint density at radius 3 is 1.26 bits per heavy atom. The van der Waals surface area contributed by atoms with Crippen LogP contribution in [0.2, 0.25) is 0 Å². The minimum Gasteiger partial charge on any atom is -0.368 e. The molecule has 6 aromatic rings. The number of pyridine rings is 2. The Hall–Kier alpha value is -6.47. The Balaban J connectivity index is 0.958. The van der Waals surface area contributed by atoms with Crippen LogP contribution in [-0.2, 0) is 0 Å². The van der Waals surface area contributed by atoms with Gasteiger partial charge in [0, 0.05) is 105 Å². The molecule has 0 spiro atoms.